The van der Waals surface area contributed by atoms with Gasteiger partial charge in [0.1, 0.15) is 0 Å². The van der Waals surface area contributed by atoms with Gasteiger partial charge in [-0.3, -0.25) is 0 Å². The van der Waals surface area contributed by atoms with E-state index in [2.05, 4.69) is 85.0 Å². The quantitative estimate of drug-likeness (QED) is 0.383. The molecule has 0 atom stereocenters. The molecule has 0 aliphatic rings. The van der Waals surface area contributed by atoms with E-state index in [0.717, 1.165) is 26.1 Å². The minimum atomic E-state index is 0.924. The molecule has 1 aromatic carbocycles. The van der Waals surface area contributed by atoms with Gasteiger partial charge in [0, 0.05) is 13.2 Å². The molecule has 1 aromatic rings. The maximum absolute atomic E-state index is 5.13. The van der Waals surface area contributed by atoms with Crippen molar-refractivity contribution in [1.29, 1.82) is 0 Å². The number of unbranched alkanes of at least 4 members (excludes halogenated alkanes) is 1. The summed E-state index contributed by atoms with van der Waals surface area (Å²) in [5.41, 5.74) is 2.80. The van der Waals surface area contributed by atoms with Gasteiger partial charge in [0.05, 0.1) is 0 Å². The van der Waals surface area contributed by atoms with Crippen molar-refractivity contribution in [3.05, 3.63) is 35.4 Å². The first kappa shape index (κ1) is 31.8. The summed E-state index contributed by atoms with van der Waals surface area (Å²) in [5.74, 6) is 0. The number of hydrogen-bond donors (Lipinski definition) is 1. The standard InChI is InChI=1S/C10H14.C6H15N.C6H14O.C4H10/c1-3-4-10-7-5-9(2)6-8-10;2*1-3-5-7-6-4-2;1-3-4-2/h5-8H,3-4H2,1-2H3;7H,3-6H2,1-2H3;3-6H2,1-2H3;3-4H2,1-2H3. The van der Waals surface area contributed by atoms with E-state index in [1.165, 1.54) is 62.7 Å². The van der Waals surface area contributed by atoms with Crippen molar-refractivity contribution in [3.63, 3.8) is 0 Å². The van der Waals surface area contributed by atoms with Gasteiger partial charge in [-0.2, -0.15) is 0 Å². The molecule has 0 aromatic heterocycles. The average molecular weight is 396 g/mol. The Hall–Kier alpha value is -0.860. The molecule has 0 spiro atoms. The highest BCUT2D eigenvalue weighted by atomic mass is 16.5. The van der Waals surface area contributed by atoms with Crippen molar-refractivity contribution < 1.29 is 4.74 Å². The Morgan fingerprint density at radius 3 is 1.39 bits per heavy atom. The van der Waals surface area contributed by atoms with E-state index < -0.39 is 0 Å². The average Bonchev–Trinajstić information content (AvgIpc) is 2.72. The summed E-state index contributed by atoms with van der Waals surface area (Å²) < 4.78 is 5.13. The monoisotopic (exact) mass is 395 g/mol. The number of aryl methyl sites for hydroxylation is 2. The maximum atomic E-state index is 5.13. The molecule has 1 rings (SSSR count). The van der Waals surface area contributed by atoms with Crippen LogP contribution >= 0.6 is 0 Å². The first-order valence-corrected chi connectivity index (χ1v) is 11.9. The molecule has 0 unspecified atom stereocenters. The summed E-state index contributed by atoms with van der Waals surface area (Å²) in [7, 11) is 0. The van der Waals surface area contributed by atoms with Crippen LogP contribution < -0.4 is 5.32 Å². The zero-order chi connectivity index (χ0) is 21.9. The summed E-state index contributed by atoms with van der Waals surface area (Å²) in [4.78, 5) is 0. The number of ether oxygens (including phenoxy) is 1. The minimum Gasteiger partial charge on any atom is -0.381 e. The van der Waals surface area contributed by atoms with Gasteiger partial charge in [-0.05, 0) is 57.7 Å². The van der Waals surface area contributed by atoms with Crippen molar-refractivity contribution >= 4 is 0 Å². The zero-order valence-electron chi connectivity index (χ0n) is 20.7. The SMILES string of the molecule is CCCC.CCCNCCC.CCCOCCC.CCCc1ccc(C)cc1. The maximum Gasteiger partial charge on any atom is 0.0463 e. The van der Waals surface area contributed by atoms with E-state index in [-0.39, 0.29) is 0 Å². The van der Waals surface area contributed by atoms with Crippen LogP contribution in [0.5, 0.6) is 0 Å². The van der Waals surface area contributed by atoms with Crippen LogP contribution in [0.2, 0.25) is 0 Å². The van der Waals surface area contributed by atoms with Crippen molar-refractivity contribution in [1.82, 2.24) is 5.32 Å². The molecule has 0 saturated heterocycles. The summed E-state index contributed by atoms with van der Waals surface area (Å²) in [6.07, 6.45) is 9.86. The fourth-order valence-electron chi connectivity index (χ4n) is 1.91. The van der Waals surface area contributed by atoms with Crippen LogP contribution in [-0.2, 0) is 11.2 Å². The summed E-state index contributed by atoms with van der Waals surface area (Å²) in [6.45, 7) is 21.5. The van der Waals surface area contributed by atoms with E-state index in [0.29, 0.717) is 0 Å². The van der Waals surface area contributed by atoms with E-state index in [1.807, 2.05) is 0 Å². The van der Waals surface area contributed by atoms with Gasteiger partial charge in [-0.1, -0.05) is 97.6 Å². The number of nitrogens with one attached hydrogen (secondary N) is 1. The van der Waals surface area contributed by atoms with Gasteiger partial charge in [0.2, 0.25) is 0 Å². The molecule has 0 amide bonds. The number of benzene rings is 1. The van der Waals surface area contributed by atoms with Crippen LogP contribution in [0.3, 0.4) is 0 Å². The molecular formula is C26H53NO. The molecule has 2 heteroatoms. The first-order chi connectivity index (χ1) is 13.6. The molecule has 1 N–H and O–H groups in total. The predicted octanol–water partition coefficient (Wildman–Crippen LogP) is 7.97. The van der Waals surface area contributed by atoms with Crippen LogP contribution in [0.1, 0.15) is 105 Å². The van der Waals surface area contributed by atoms with E-state index in [4.69, 9.17) is 4.74 Å². The third-order valence-corrected chi connectivity index (χ3v) is 3.71. The van der Waals surface area contributed by atoms with Crippen LogP contribution in [0.15, 0.2) is 24.3 Å². The highest BCUT2D eigenvalue weighted by Gasteiger charge is 1.88. The molecule has 0 aliphatic heterocycles. The summed E-state index contributed by atoms with van der Waals surface area (Å²) in [6, 6.07) is 8.76. The van der Waals surface area contributed by atoms with Crippen LogP contribution in [0.25, 0.3) is 0 Å². The van der Waals surface area contributed by atoms with Gasteiger partial charge in [0.25, 0.3) is 0 Å². The highest BCUT2D eigenvalue weighted by Crippen LogP contribution is 2.04. The lowest BCUT2D eigenvalue weighted by Gasteiger charge is -1.97. The molecule has 0 fully saturated rings. The van der Waals surface area contributed by atoms with Crippen molar-refractivity contribution in [2.24, 2.45) is 0 Å². The third kappa shape index (κ3) is 32.8. The Kier molecular flexibility index (Phi) is 35.1. The molecular weight excluding hydrogens is 342 g/mol. The lowest BCUT2D eigenvalue weighted by Crippen LogP contribution is -2.14. The first-order valence-electron chi connectivity index (χ1n) is 11.9. The van der Waals surface area contributed by atoms with E-state index in [9.17, 15) is 0 Å². The second-order valence-electron chi connectivity index (χ2n) is 7.10. The Morgan fingerprint density at radius 2 is 1.07 bits per heavy atom. The van der Waals surface area contributed by atoms with Crippen molar-refractivity contribution in [2.75, 3.05) is 26.3 Å². The Labute approximate surface area is 178 Å². The third-order valence-electron chi connectivity index (χ3n) is 3.71. The smallest absolute Gasteiger partial charge is 0.0463 e. The Balaban J connectivity index is -0.000000313. The summed E-state index contributed by atoms with van der Waals surface area (Å²) in [5, 5.41) is 3.28. The van der Waals surface area contributed by atoms with Gasteiger partial charge in [-0.25, -0.2) is 0 Å². The van der Waals surface area contributed by atoms with Crippen LogP contribution in [-0.4, -0.2) is 26.3 Å². The molecule has 0 aliphatic carbocycles. The normalized spacial score (nSPS) is 9.29. The lowest BCUT2D eigenvalue weighted by atomic mass is 10.1. The molecule has 0 heterocycles. The van der Waals surface area contributed by atoms with Gasteiger partial charge in [0.15, 0.2) is 0 Å². The Morgan fingerprint density at radius 1 is 0.607 bits per heavy atom. The fourth-order valence-corrected chi connectivity index (χ4v) is 1.91. The molecule has 0 bridgehead atoms. The minimum absolute atomic E-state index is 0.924. The fraction of sp³-hybridized carbons (Fsp3) is 0.769. The lowest BCUT2D eigenvalue weighted by molar-refractivity contribution is 0.135. The number of hydrogen-bond acceptors (Lipinski definition) is 2. The van der Waals surface area contributed by atoms with Crippen molar-refractivity contribution in [2.45, 2.75) is 107 Å². The highest BCUT2D eigenvalue weighted by molar-refractivity contribution is 5.21. The van der Waals surface area contributed by atoms with Crippen molar-refractivity contribution in [3.8, 4) is 0 Å². The van der Waals surface area contributed by atoms with Gasteiger partial charge in [-0.15, -0.1) is 0 Å². The zero-order valence-corrected chi connectivity index (χ0v) is 20.7. The van der Waals surface area contributed by atoms with E-state index in [1.54, 1.807) is 0 Å². The Bertz CT molecular complexity index is 328. The molecule has 168 valence electrons. The topological polar surface area (TPSA) is 21.3 Å². The molecule has 0 radical (unpaired) electrons. The second-order valence-corrected chi connectivity index (χ2v) is 7.10. The second kappa shape index (κ2) is 30.9. The van der Waals surface area contributed by atoms with Gasteiger partial charge < -0.3 is 10.1 Å². The predicted molar refractivity (Wildman–Crippen MR) is 131 cm³/mol. The largest absolute Gasteiger partial charge is 0.381 e. The molecule has 2 nitrogen and oxygen atoms in total. The summed E-state index contributed by atoms with van der Waals surface area (Å²) >= 11 is 0. The molecule has 28 heavy (non-hydrogen) atoms. The van der Waals surface area contributed by atoms with E-state index >= 15 is 0 Å². The van der Waals surface area contributed by atoms with Crippen LogP contribution in [0.4, 0.5) is 0 Å². The molecule has 0 saturated carbocycles. The number of rotatable bonds is 11. The van der Waals surface area contributed by atoms with Gasteiger partial charge >= 0.3 is 0 Å². The van der Waals surface area contributed by atoms with Crippen LogP contribution in [0, 0.1) is 6.92 Å².